The number of carbonyl (C=O) groups is 2. The van der Waals surface area contributed by atoms with Crippen LogP contribution < -0.4 is 21.1 Å². The fraction of sp³-hybridized carbons (Fsp3) is 0.655. The van der Waals surface area contributed by atoms with Crippen molar-refractivity contribution in [2.45, 2.75) is 61.3 Å². The lowest BCUT2D eigenvalue weighted by atomic mass is 9.71. The van der Waals surface area contributed by atoms with Gasteiger partial charge < -0.3 is 45.2 Å². The lowest BCUT2D eigenvalue weighted by Crippen LogP contribution is -2.29. The van der Waals surface area contributed by atoms with E-state index in [1.54, 1.807) is 59.4 Å². The summed E-state index contributed by atoms with van der Waals surface area (Å²) in [7, 11) is 7.01. The van der Waals surface area contributed by atoms with Crippen molar-refractivity contribution in [1.82, 2.24) is 10.6 Å². The van der Waals surface area contributed by atoms with Crippen molar-refractivity contribution in [1.29, 1.82) is 0 Å². The molecule has 0 aromatic heterocycles. The van der Waals surface area contributed by atoms with Crippen LogP contribution in [0.4, 0.5) is 4.39 Å². The molecule has 0 saturated carbocycles. The number of hydrogen-bond acceptors (Lipinski definition) is 13. The number of carbonyl (C=O) groups excluding carboxylic acids is 2. The molecule has 11 nitrogen and oxygen atoms in total. The molecule has 1 saturated heterocycles. The van der Waals surface area contributed by atoms with E-state index in [1.165, 1.54) is 10.8 Å². The minimum absolute atomic E-state index is 0.00287. The smallest absolute Gasteiger partial charge is 0.257 e. The molecular weight excluding hydrogens is 676 g/mol. The van der Waals surface area contributed by atoms with Gasteiger partial charge in [0.25, 0.3) is 18.9 Å². The second-order valence-electron chi connectivity index (χ2n) is 10.6. The van der Waals surface area contributed by atoms with Crippen LogP contribution in [-0.4, -0.2) is 117 Å². The number of aliphatic hydroxyl groups is 1. The average molecular weight is 721 g/mol. The minimum Gasteiger partial charge on any atom is -0.490 e. The summed E-state index contributed by atoms with van der Waals surface area (Å²) in [6.07, 6.45) is 0.933. The largest absolute Gasteiger partial charge is 0.490 e. The average Bonchev–Trinajstić information content (AvgIpc) is 3.41. The molecule has 1 aliphatic rings. The summed E-state index contributed by atoms with van der Waals surface area (Å²) in [6.45, 7) is 7.42. The van der Waals surface area contributed by atoms with Gasteiger partial charge in [0.15, 0.2) is 0 Å². The van der Waals surface area contributed by atoms with Crippen LogP contribution in [0.3, 0.4) is 0 Å². The maximum Gasteiger partial charge on any atom is 0.257 e. The van der Waals surface area contributed by atoms with E-state index in [9.17, 15) is 19.1 Å². The first kappa shape index (κ1) is 40.8. The summed E-state index contributed by atoms with van der Waals surface area (Å²) in [4.78, 5) is 24.4. The Hall–Kier alpha value is -1.33. The van der Waals surface area contributed by atoms with Gasteiger partial charge in [-0.15, -0.1) is 0 Å². The Bertz CT molecular complexity index is 1110. The molecule has 257 valence electrons. The van der Waals surface area contributed by atoms with Crippen molar-refractivity contribution >= 4 is 62.3 Å². The number of benzene rings is 1. The van der Waals surface area contributed by atoms with Crippen molar-refractivity contribution in [2.75, 3.05) is 58.9 Å². The van der Waals surface area contributed by atoms with Crippen molar-refractivity contribution in [2.24, 2.45) is 5.73 Å². The highest BCUT2D eigenvalue weighted by Crippen LogP contribution is 2.38. The Labute approximate surface area is 287 Å². The van der Waals surface area contributed by atoms with E-state index < -0.39 is 23.9 Å². The maximum absolute atomic E-state index is 13.8. The number of rotatable bonds is 21. The molecule has 2 unspecified atom stereocenters. The third-order valence-electron chi connectivity index (χ3n) is 5.69. The summed E-state index contributed by atoms with van der Waals surface area (Å²) in [5.74, 6) is 5.63. The van der Waals surface area contributed by atoms with Crippen molar-refractivity contribution in [3.8, 4) is 17.5 Å². The highest BCUT2D eigenvalue weighted by Gasteiger charge is 2.37. The molecule has 46 heavy (non-hydrogen) atoms. The molecule has 1 aromatic rings. The number of aliphatic hydroxyl groups excluding tert-OH is 1. The summed E-state index contributed by atoms with van der Waals surface area (Å²) in [5.41, 5.74) is 4.10. The van der Waals surface area contributed by atoms with E-state index in [0.29, 0.717) is 30.8 Å². The maximum atomic E-state index is 13.8. The van der Waals surface area contributed by atoms with Gasteiger partial charge in [-0.1, -0.05) is 65.1 Å². The monoisotopic (exact) mass is 720 g/mol. The normalized spacial score (nSPS) is 19.1. The molecule has 5 atom stereocenters. The van der Waals surface area contributed by atoms with Gasteiger partial charge in [0.2, 0.25) is 5.91 Å². The molecule has 17 heteroatoms. The summed E-state index contributed by atoms with van der Waals surface area (Å²) in [5, 5.41) is 14.9. The number of ether oxygens (including phenoxy) is 5. The molecule has 2 amide bonds. The molecule has 0 aliphatic carbocycles. The molecule has 1 aliphatic heterocycles. The van der Waals surface area contributed by atoms with E-state index >= 15 is 0 Å². The number of hydrogen-bond donors (Lipinski definition) is 4. The van der Waals surface area contributed by atoms with Crippen LogP contribution in [0.1, 0.15) is 37.6 Å². The van der Waals surface area contributed by atoms with Crippen LogP contribution in [0.5, 0.6) is 5.75 Å². The van der Waals surface area contributed by atoms with Gasteiger partial charge >= 0.3 is 0 Å². The number of nitrogens with two attached hydrogens (primary N) is 1. The topological polar surface area (TPSA) is 151 Å². The highest BCUT2D eigenvalue weighted by molar-refractivity contribution is 8.77. The zero-order chi connectivity index (χ0) is 33.8. The van der Waals surface area contributed by atoms with Gasteiger partial charge in [-0.2, -0.15) is 5.82 Å². The number of halogens is 1. The quantitative estimate of drug-likeness (QED) is 0.0485. The predicted octanol–water partition coefficient (Wildman–Crippen LogP) is 2.83. The van der Waals surface area contributed by atoms with Gasteiger partial charge in [0, 0.05) is 29.4 Å². The standard InChI is InChI=1S/C29H44BFN3O8S4/c1-29(2,3)46-44-26(19-40-21-8-5-7-20(15-21)27(37)34-12-10-32)39-14-13-38-18-25(36)33-11-6-9-30-24-16-22(23(17-35)41-24)42-28(31)45-43-4/h5,7-8,15,22-24,26,28,35H,10-14,16-19,32H2,1-4H3,(H,33,36)(H,34,37)/t22-,23?,24-,26?,28-/m1/s1. The minimum atomic E-state index is -1.51. The van der Waals surface area contributed by atoms with E-state index in [-0.39, 0.29) is 61.6 Å². The summed E-state index contributed by atoms with van der Waals surface area (Å²) in [6, 6.07) is 6.49. The Morgan fingerprint density at radius 1 is 1.26 bits per heavy atom. The van der Waals surface area contributed by atoms with Crippen LogP contribution in [0.2, 0.25) is 0 Å². The number of alkyl halides is 1. The number of nitrogens with one attached hydrogen (secondary N) is 2. The molecule has 1 heterocycles. The SMILES string of the molecule is CSS[C@H](F)O[C@@H]1C[C@H]([B]C#CCNC(=O)COCCOC(COc2cccc(C(=O)NCCN)c2)SSC(C)(C)C)OC1CO. The third-order valence-corrected chi connectivity index (χ3v) is 10.7. The molecule has 1 fully saturated rings. The van der Waals surface area contributed by atoms with Crippen LogP contribution in [-0.2, 0) is 23.7 Å². The van der Waals surface area contributed by atoms with Gasteiger partial charge in [0.1, 0.15) is 30.5 Å². The van der Waals surface area contributed by atoms with E-state index in [1.807, 2.05) is 0 Å². The molecule has 5 N–H and O–H groups in total. The van der Waals surface area contributed by atoms with Gasteiger partial charge in [-0.25, -0.2) is 4.39 Å². The van der Waals surface area contributed by atoms with E-state index in [4.69, 9.17) is 29.4 Å². The fourth-order valence-corrected chi connectivity index (χ4v) is 6.80. The Kier molecular flexibility index (Phi) is 20.5. The Balaban J connectivity index is 1.68. The first-order valence-electron chi connectivity index (χ1n) is 14.6. The lowest BCUT2D eigenvalue weighted by Gasteiger charge is -2.22. The van der Waals surface area contributed by atoms with E-state index in [2.05, 4.69) is 43.1 Å². The van der Waals surface area contributed by atoms with Crippen LogP contribution >= 0.6 is 43.2 Å². The van der Waals surface area contributed by atoms with E-state index in [0.717, 1.165) is 10.8 Å². The van der Waals surface area contributed by atoms with Gasteiger partial charge in [-0.05, 0) is 41.7 Å². The second-order valence-corrected chi connectivity index (χ2v) is 16.3. The van der Waals surface area contributed by atoms with Crippen molar-refractivity contribution < 1.29 is 42.8 Å². The second kappa shape index (κ2) is 23.1. The van der Waals surface area contributed by atoms with Gasteiger partial charge in [-0.3, -0.25) is 9.59 Å². The highest BCUT2D eigenvalue weighted by atomic mass is 33.1. The fourth-order valence-electron chi connectivity index (χ4n) is 3.68. The molecule has 1 aromatic carbocycles. The molecule has 0 bridgehead atoms. The van der Waals surface area contributed by atoms with Crippen molar-refractivity contribution in [3.05, 3.63) is 29.8 Å². The van der Waals surface area contributed by atoms with Crippen molar-refractivity contribution in [3.63, 3.8) is 0 Å². The Morgan fingerprint density at radius 3 is 2.78 bits per heavy atom. The number of amides is 2. The molecule has 1 radical (unpaired) electrons. The molecule has 2 rings (SSSR count). The van der Waals surface area contributed by atoms with Crippen LogP contribution in [0, 0.1) is 11.7 Å². The molecule has 0 spiro atoms. The van der Waals surface area contributed by atoms with Gasteiger partial charge in [0.05, 0.1) is 32.5 Å². The molecular formula is C29H44BFN3O8S4. The first-order valence-corrected chi connectivity index (χ1v) is 19.5. The Morgan fingerprint density at radius 2 is 2.07 bits per heavy atom. The third kappa shape index (κ3) is 17.7. The summed E-state index contributed by atoms with van der Waals surface area (Å²) < 4.78 is 42.1. The predicted molar refractivity (Wildman–Crippen MR) is 187 cm³/mol. The zero-order valence-electron chi connectivity index (χ0n) is 26.5. The zero-order valence-corrected chi connectivity index (χ0v) is 29.8. The van der Waals surface area contributed by atoms with Crippen LogP contribution in [0.15, 0.2) is 24.3 Å². The summed E-state index contributed by atoms with van der Waals surface area (Å²) >= 11 is 0. The van der Waals surface area contributed by atoms with Crippen LogP contribution in [0.25, 0.3) is 0 Å². The lowest BCUT2D eigenvalue weighted by molar-refractivity contribution is -0.126. The first-order chi connectivity index (χ1) is 22.0.